The number of aryl methyl sites for hydroxylation is 1. The first-order valence-corrected chi connectivity index (χ1v) is 12.8. The van der Waals surface area contributed by atoms with Crippen molar-refractivity contribution < 1.29 is 9.53 Å². The Morgan fingerprint density at radius 2 is 1.97 bits per heavy atom. The fraction of sp³-hybridized carbons (Fsp3) is 0.360. The van der Waals surface area contributed by atoms with Crippen LogP contribution in [0.1, 0.15) is 6.92 Å². The number of fused-ring (bicyclic) bond motifs is 1. The van der Waals surface area contributed by atoms with Gasteiger partial charge >= 0.3 is 0 Å². The number of rotatable bonds is 7. The third-order valence-corrected chi connectivity index (χ3v) is 7.25. The number of nitrogens with one attached hydrogen (secondary N) is 3. The Bertz CT molecular complexity index is 1430. The second kappa shape index (κ2) is 10.5. The monoisotopic (exact) mass is 567 g/mol. The number of amides is 1. The largest absolute Gasteiger partial charge is 0.478 e. The Morgan fingerprint density at radius 1 is 1.19 bits per heavy atom. The maximum Gasteiger partial charge on any atom is 0.256 e. The van der Waals surface area contributed by atoms with Crippen molar-refractivity contribution in [2.45, 2.75) is 13.0 Å². The first-order valence-electron chi connectivity index (χ1n) is 12.0. The lowest BCUT2D eigenvalue weighted by Crippen LogP contribution is -2.51. The molecule has 0 saturated carbocycles. The first-order chi connectivity index (χ1) is 17.8. The van der Waals surface area contributed by atoms with Crippen LogP contribution in [0.3, 0.4) is 0 Å². The van der Waals surface area contributed by atoms with E-state index in [0.717, 1.165) is 52.8 Å². The number of piperazine rings is 1. The van der Waals surface area contributed by atoms with Gasteiger partial charge in [-0.2, -0.15) is 0 Å². The van der Waals surface area contributed by atoms with Gasteiger partial charge in [0.1, 0.15) is 5.69 Å². The number of hydrogen-bond acceptors (Lipinski definition) is 8. The molecule has 1 aliphatic heterocycles. The lowest BCUT2D eigenvalue weighted by Gasteiger charge is -2.35. The Hall–Kier alpha value is -3.48. The normalized spacial score (nSPS) is 15.6. The van der Waals surface area contributed by atoms with Crippen LogP contribution in [0.15, 0.2) is 41.3 Å². The van der Waals surface area contributed by atoms with Crippen LogP contribution in [0.5, 0.6) is 5.88 Å². The number of likely N-dealkylation sites (N-methyl/N-ethyl adjacent to an activating group) is 1. The molecule has 0 radical (unpaired) electrons. The highest BCUT2D eigenvalue weighted by Crippen LogP contribution is 2.36. The number of anilines is 3. The number of aromatic amines is 1. The van der Waals surface area contributed by atoms with Crippen LogP contribution in [0, 0.1) is 0 Å². The van der Waals surface area contributed by atoms with E-state index in [9.17, 15) is 4.79 Å². The van der Waals surface area contributed by atoms with Gasteiger partial charge in [0, 0.05) is 56.6 Å². The average Bonchev–Trinajstić information content (AvgIpc) is 3.48. The summed E-state index contributed by atoms with van der Waals surface area (Å²) in [5.41, 5.74) is 3.83. The molecular formula is C25H30BrN9O2. The zero-order chi connectivity index (χ0) is 26.1. The number of hydrogen-bond donors (Lipinski definition) is 3. The van der Waals surface area contributed by atoms with Crippen LogP contribution in [0.4, 0.5) is 17.3 Å². The summed E-state index contributed by atoms with van der Waals surface area (Å²) in [6.45, 7) is 5.65. The number of methoxy groups -OCH3 is 1. The molecule has 1 saturated heterocycles. The lowest BCUT2D eigenvalue weighted by molar-refractivity contribution is -0.121. The number of nitrogens with zero attached hydrogens (tertiary/aromatic N) is 6. The van der Waals surface area contributed by atoms with Crippen molar-refractivity contribution in [1.82, 2.24) is 34.5 Å². The molecule has 3 N–H and O–H groups in total. The minimum absolute atomic E-state index is 0.0201. The summed E-state index contributed by atoms with van der Waals surface area (Å²) >= 11 is 3.59. The summed E-state index contributed by atoms with van der Waals surface area (Å²) < 4.78 is 7.72. The van der Waals surface area contributed by atoms with Crippen LogP contribution in [-0.4, -0.2) is 86.8 Å². The van der Waals surface area contributed by atoms with Gasteiger partial charge in [-0.25, -0.2) is 9.97 Å². The van der Waals surface area contributed by atoms with Crippen LogP contribution in [-0.2, 0) is 11.8 Å². The SMILES string of the molecule is COc1nn(C)cc1Nc1ncc(Br)c(-c2c[nH]c3c(NC(=O)C(C)N4CCN(C)CC4)cccc23)n1. The first kappa shape index (κ1) is 25.2. The van der Waals surface area contributed by atoms with E-state index in [1.165, 1.54) is 0 Å². The molecule has 4 aromatic rings. The molecular weight excluding hydrogens is 538 g/mol. The lowest BCUT2D eigenvalue weighted by atomic mass is 10.1. The molecule has 1 aromatic carbocycles. The molecule has 1 amide bonds. The Labute approximate surface area is 223 Å². The predicted octanol–water partition coefficient (Wildman–Crippen LogP) is 3.45. The van der Waals surface area contributed by atoms with E-state index >= 15 is 0 Å². The van der Waals surface area contributed by atoms with Crippen molar-refractivity contribution in [3.63, 3.8) is 0 Å². The summed E-state index contributed by atoms with van der Waals surface area (Å²) in [5.74, 6) is 0.839. The zero-order valence-electron chi connectivity index (χ0n) is 21.2. The highest BCUT2D eigenvalue weighted by molar-refractivity contribution is 9.10. The number of benzene rings is 1. The van der Waals surface area contributed by atoms with E-state index in [0.29, 0.717) is 23.2 Å². The van der Waals surface area contributed by atoms with Crippen LogP contribution >= 0.6 is 15.9 Å². The number of aromatic nitrogens is 5. The highest BCUT2D eigenvalue weighted by Gasteiger charge is 2.25. The van der Waals surface area contributed by atoms with Crippen molar-refractivity contribution in [3.8, 4) is 17.1 Å². The number of carbonyl (C=O) groups is 1. The van der Waals surface area contributed by atoms with Crippen molar-refractivity contribution in [1.29, 1.82) is 0 Å². The van der Waals surface area contributed by atoms with E-state index < -0.39 is 0 Å². The summed E-state index contributed by atoms with van der Waals surface area (Å²) in [7, 11) is 5.49. The van der Waals surface area contributed by atoms with Crippen molar-refractivity contribution in [2.24, 2.45) is 7.05 Å². The third kappa shape index (κ3) is 5.17. The molecule has 12 heteroatoms. The second-order valence-corrected chi connectivity index (χ2v) is 10.0. The van der Waals surface area contributed by atoms with Gasteiger partial charge in [0.05, 0.1) is 40.7 Å². The zero-order valence-corrected chi connectivity index (χ0v) is 22.8. The second-order valence-electron chi connectivity index (χ2n) is 9.18. The van der Waals surface area contributed by atoms with Crippen molar-refractivity contribution in [2.75, 3.05) is 51.0 Å². The van der Waals surface area contributed by atoms with Crippen molar-refractivity contribution in [3.05, 3.63) is 41.3 Å². The van der Waals surface area contributed by atoms with Crippen LogP contribution in [0.25, 0.3) is 22.2 Å². The Balaban J connectivity index is 1.40. The Kier molecular flexibility index (Phi) is 7.13. The van der Waals surface area contributed by atoms with Crippen LogP contribution in [0.2, 0.25) is 0 Å². The molecule has 0 aliphatic carbocycles. The highest BCUT2D eigenvalue weighted by atomic mass is 79.9. The van der Waals surface area contributed by atoms with Gasteiger partial charge in [0.15, 0.2) is 0 Å². The Morgan fingerprint density at radius 3 is 2.73 bits per heavy atom. The minimum Gasteiger partial charge on any atom is -0.478 e. The smallest absolute Gasteiger partial charge is 0.256 e. The topological polar surface area (TPSA) is 116 Å². The van der Waals surface area contributed by atoms with E-state index in [4.69, 9.17) is 9.72 Å². The number of halogens is 1. The van der Waals surface area contributed by atoms with E-state index in [2.05, 4.69) is 58.5 Å². The standard InChI is InChI=1S/C25H30BrN9O2/c1-15(35-10-8-33(2)9-11-35)23(36)29-19-7-5-6-16-17(12-27-22(16)19)21-18(26)13-28-25(31-21)30-20-14-34(3)32-24(20)37-4/h5-7,12-15,27H,8-11H2,1-4H3,(H,29,36)(H,28,30,31). The molecule has 1 atom stereocenters. The molecule has 194 valence electrons. The summed E-state index contributed by atoms with van der Waals surface area (Å²) in [6.07, 6.45) is 5.40. The molecule has 37 heavy (non-hydrogen) atoms. The maximum atomic E-state index is 13.1. The molecule has 3 aromatic heterocycles. The van der Waals surface area contributed by atoms with Gasteiger partial charge < -0.3 is 25.3 Å². The van der Waals surface area contributed by atoms with E-state index in [1.54, 1.807) is 24.2 Å². The third-order valence-electron chi connectivity index (χ3n) is 6.67. The van der Waals surface area contributed by atoms with Gasteiger partial charge in [-0.15, -0.1) is 5.10 Å². The quantitative estimate of drug-likeness (QED) is 0.311. The molecule has 11 nitrogen and oxygen atoms in total. The molecule has 5 rings (SSSR count). The number of carbonyl (C=O) groups excluding carboxylic acids is 1. The van der Waals surface area contributed by atoms with E-state index in [1.807, 2.05) is 38.4 Å². The van der Waals surface area contributed by atoms with E-state index in [-0.39, 0.29) is 11.9 Å². The number of ether oxygens (including phenoxy) is 1. The molecule has 1 aliphatic rings. The summed E-state index contributed by atoms with van der Waals surface area (Å²) in [4.78, 5) is 30.1. The fourth-order valence-corrected chi connectivity index (χ4v) is 4.91. The van der Waals surface area contributed by atoms with Gasteiger partial charge in [-0.05, 0) is 36.0 Å². The maximum absolute atomic E-state index is 13.1. The molecule has 0 spiro atoms. The van der Waals surface area contributed by atoms with Gasteiger partial charge in [-0.1, -0.05) is 12.1 Å². The number of para-hydroxylation sites is 1. The van der Waals surface area contributed by atoms with Crippen LogP contribution < -0.4 is 15.4 Å². The fourth-order valence-electron chi connectivity index (χ4n) is 4.51. The van der Waals surface area contributed by atoms with Crippen molar-refractivity contribution >= 4 is 50.1 Å². The average molecular weight is 568 g/mol. The van der Waals surface area contributed by atoms with Gasteiger partial charge in [-0.3, -0.25) is 14.4 Å². The molecule has 1 unspecified atom stereocenters. The van der Waals surface area contributed by atoms with Gasteiger partial charge in [0.2, 0.25) is 11.9 Å². The molecule has 1 fully saturated rings. The summed E-state index contributed by atoms with van der Waals surface area (Å²) in [5, 5.41) is 11.5. The molecule has 4 heterocycles. The minimum atomic E-state index is -0.215. The molecule has 0 bridgehead atoms. The van der Waals surface area contributed by atoms with Gasteiger partial charge in [0.25, 0.3) is 5.88 Å². The predicted molar refractivity (Wildman–Crippen MR) is 147 cm³/mol. The number of H-pyrrole nitrogens is 1. The summed E-state index contributed by atoms with van der Waals surface area (Å²) in [6, 6.07) is 5.64.